The Bertz CT molecular complexity index is 294. The molecule has 1 fully saturated rings. The highest BCUT2D eigenvalue weighted by atomic mass is 15.2. The van der Waals surface area contributed by atoms with Crippen LogP contribution in [0.5, 0.6) is 0 Å². The standard InChI is InChI=1S/C10H18N4/c1-8-5-12-13-10(8)6-11-9-3-4-14(2)7-9/h5,9,11H,3-4,6-7H2,1-2H3,(H,12,13). The van der Waals surface area contributed by atoms with Gasteiger partial charge in [-0.25, -0.2) is 0 Å². The lowest BCUT2D eigenvalue weighted by atomic mass is 10.2. The maximum absolute atomic E-state index is 4.01. The fraction of sp³-hybridized carbons (Fsp3) is 0.700. The summed E-state index contributed by atoms with van der Waals surface area (Å²) < 4.78 is 0. The van der Waals surface area contributed by atoms with E-state index in [1.165, 1.54) is 24.2 Å². The molecule has 0 saturated carbocycles. The van der Waals surface area contributed by atoms with Crippen LogP contribution in [0.15, 0.2) is 6.20 Å². The molecule has 4 nitrogen and oxygen atoms in total. The zero-order valence-electron chi connectivity index (χ0n) is 8.88. The fourth-order valence-corrected chi connectivity index (χ4v) is 1.90. The third-order valence-corrected chi connectivity index (χ3v) is 2.89. The Morgan fingerprint density at radius 1 is 1.71 bits per heavy atom. The molecule has 1 saturated heterocycles. The second kappa shape index (κ2) is 4.11. The van der Waals surface area contributed by atoms with Crippen LogP contribution in [0.4, 0.5) is 0 Å². The molecule has 0 aromatic carbocycles. The first-order valence-corrected chi connectivity index (χ1v) is 5.16. The van der Waals surface area contributed by atoms with Crippen molar-refractivity contribution >= 4 is 0 Å². The van der Waals surface area contributed by atoms with Gasteiger partial charge in [0.05, 0.1) is 11.9 Å². The number of aromatic nitrogens is 2. The van der Waals surface area contributed by atoms with E-state index >= 15 is 0 Å². The SMILES string of the molecule is Cc1cn[nH]c1CNC1CCN(C)C1. The fourth-order valence-electron chi connectivity index (χ4n) is 1.90. The minimum absolute atomic E-state index is 0.641. The van der Waals surface area contributed by atoms with Crippen molar-refractivity contribution in [2.75, 3.05) is 20.1 Å². The molecule has 1 aliphatic heterocycles. The minimum Gasteiger partial charge on any atom is -0.307 e. The predicted octanol–water partition coefficient (Wildman–Crippen LogP) is 0.512. The lowest BCUT2D eigenvalue weighted by molar-refractivity contribution is 0.397. The van der Waals surface area contributed by atoms with Crippen LogP contribution < -0.4 is 5.32 Å². The molecule has 14 heavy (non-hydrogen) atoms. The summed E-state index contributed by atoms with van der Waals surface area (Å²) in [5.74, 6) is 0. The monoisotopic (exact) mass is 194 g/mol. The molecule has 1 atom stereocenters. The minimum atomic E-state index is 0.641. The molecule has 4 heteroatoms. The second-order valence-corrected chi connectivity index (χ2v) is 4.16. The number of nitrogens with one attached hydrogen (secondary N) is 2. The van der Waals surface area contributed by atoms with Crippen molar-refractivity contribution in [1.82, 2.24) is 20.4 Å². The van der Waals surface area contributed by atoms with E-state index < -0.39 is 0 Å². The van der Waals surface area contributed by atoms with E-state index in [0.717, 1.165) is 13.1 Å². The maximum Gasteiger partial charge on any atom is 0.0519 e. The van der Waals surface area contributed by atoms with E-state index in [1.807, 2.05) is 6.20 Å². The van der Waals surface area contributed by atoms with Crippen molar-refractivity contribution in [3.05, 3.63) is 17.5 Å². The molecule has 1 unspecified atom stereocenters. The van der Waals surface area contributed by atoms with Gasteiger partial charge in [0.15, 0.2) is 0 Å². The van der Waals surface area contributed by atoms with E-state index in [-0.39, 0.29) is 0 Å². The first kappa shape index (κ1) is 9.68. The van der Waals surface area contributed by atoms with Gasteiger partial charge in [-0.2, -0.15) is 5.10 Å². The van der Waals surface area contributed by atoms with Crippen molar-refractivity contribution in [2.24, 2.45) is 0 Å². The average Bonchev–Trinajstić information content (AvgIpc) is 2.72. The second-order valence-electron chi connectivity index (χ2n) is 4.16. The van der Waals surface area contributed by atoms with Gasteiger partial charge in [-0.05, 0) is 32.5 Å². The number of aryl methyl sites for hydroxylation is 1. The van der Waals surface area contributed by atoms with E-state index in [0.29, 0.717) is 6.04 Å². The van der Waals surface area contributed by atoms with Crippen LogP contribution in [0.2, 0.25) is 0 Å². The topological polar surface area (TPSA) is 44.0 Å². The van der Waals surface area contributed by atoms with Gasteiger partial charge in [0, 0.05) is 19.1 Å². The van der Waals surface area contributed by atoms with Crippen molar-refractivity contribution in [3.63, 3.8) is 0 Å². The van der Waals surface area contributed by atoms with Crippen LogP contribution >= 0.6 is 0 Å². The molecule has 1 aliphatic rings. The lowest BCUT2D eigenvalue weighted by Crippen LogP contribution is -2.31. The molecular formula is C10H18N4. The van der Waals surface area contributed by atoms with E-state index in [2.05, 4.69) is 34.4 Å². The number of hydrogen-bond acceptors (Lipinski definition) is 3. The van der Waals surface area contributed by atoms with Crippen LogP contribution in [-0.2, 0) is 6.54 Å². The van der Waals surface area contributed by atoms with Crippen LogP contribution in [0.3, 0.4) is 0 Å². The Morgan fingerprint density at radius 3 is 3.14 bits per heavy atom. The van der Waals surface area contributed by atoms with Crippen molar-refractivity contribution in [1.29, 1.82) is 0 Å². The summed E-state index contributed by atoms with van der Waals surface area (Å²) in [6.07, 6.45) is 3.13. The smallest absolute Gasteiger partial charge is 0.0519 e. The molecule has 0 amide bonds. The van der Waals surface area contributed by atoms with Gasteiger partial charge in [-0.3, -0.25) is 5.10 Å². The highest BCUT2D eigenvalue weighted by Gasteiger charge is 2.18. The van der Waals surface area contributed by atoms with Gasteiger partial charge < -0.3 is 10.2 Å². The van der Waals surface area contributed by atoms with Crippen molar-refractivity contribution in [2.45, 2.75) is 25.9 Å². The summed E-state index contributed by atoms with van der Waals surface area (Å²) >= 11 is 0. The molecule has 0 spiro atoms. The van der Waals surface area contributed by atoms with E-state index in [9.17, 15) is 0 Å². The zero-order valence-corrected chi connectivity index (χ0v) is 8.88. The Labute approximate surface area is 84.7 Å². The summed E-state index contributed by atoms with van der Waals surface area (Å²) in [5, 5.41) is 10.6. The van der Waals surface area contributed by atoms with Gasteiger partial charge in [0.25, 0.3) is 0 Å². The number of nitrogens with zero attached hydrogens (tertiary/aromatic N) is 2. The first-order valence-electron chi connectivity index (χ1n) is 5.16. The number of aromatic amines is 1. The van der Waals surface area contributed by atoms with Crippen molar-refractivity contribution in [3.8, 4) is 0 Å². The summed E-state index contributed by atoms with van der Waals surface area (Å²) in [5.41, 5.74) is 2.45. The molecule has 0 bridgehead atoms. The summed E-state index contributed by atoms with van der Waals surface area (Å²) in [6.45, 7) is 5.36. The normalized spacial score (nSPS) is 23.1. The van der Waals surface area contributed by atoms with Gasteiger partial charge in [-0.15, -0.1) is 0 Å². The summed E-state index contributed by atoms with van der Waals surface area (Å²) in [7, 11) is 2.17. The highest BCUT2D eigenvalue weighted by Crippen LogP contribution is 2.08. The molecule has 2 heterocycles. The molecular weight excluding hydrogens is 176 g/mol. The quantitative estimate of drug-likeness (QED) is 0.737. The molecule has 1 aromatic rings. The Hall–Kier alpha value is -0.870. The number of rotatable bonds is 3. The van der Waals surface area contributed by atoms with E-state index in [1.54, 1.807) is 0 Å². The Balaban J connectivity index is 1.80. The summed E-state index contributed by atoms with van der Waals surface area (Å²) in [6, 6.07) is 0.641. The van der Waals surface area contributed by atoms with Crippen molar-refractivity contribution < 1.29 is 0 Å². The van der Waals surface area contributed by atoms with Crippen LogP contribution in [-0.4, -0.2) is 41.3 Å². The third-order valence-electron chi connectivity index (χ3n) is 2.89. The predicted molar refractivity (Wildman–Crippen MR) is 56.1 cm³/mol. The molecule has 2 N–H and O–H groups in total. The lowest BCUT2D eigenvalue weighted by Gasteiger charge is -2.12. The Morgan fingerprint density at radius 2 is 2.57 bits per heavy atom. The number of H-pyrrole nitrogens is 1. The first-order chi connectivity index (χ1) is 6.75. The maximum atomic E-state index is 4.01. The number of likely N-dealkylation sites (tertiary alicyclic amines) is 1. The van der Waals surface area contributed by atoms with E-state index in [4.69, 9.17) is 0 Å². The van der Waals surface area contributed by atoms with Crippen LogP contribution in [0, 0.1) is 6.92 Å². The average molecular weight is 194 g/mol. The molecule has 0 aliphatic carbocycles. The van der Waals surface area contributed by atoms with Gasteiger partial charge in [-0.1, -0.05) is 0 Å². The number of likely N-dealkylation sites (N-methyl/N-ethyl adjacent to an activating group) is 1. The van der Waals surface area contributed by atoms with Gasteiger partial charge in [0.2, 0.25) is 0 Å². The molecule has 1 aromatic heterocycles. The van der Waals surface area contributed by atoms with Gasteiger partial charge >= 0.3 is 0 Å². The van der Waals surface area contributed by atoms with Crippen LogP contribution in [0.25, 0.3) is 0 Å². The molecule has 2 rings (SSSR count). The molecule has 0 radical (unpaired) electrons. The summed E-state index contributed by atoms with van der Waals surface area (Å²) in [4.78, 5) is 2.36. The highest BCUT2D eigenvalue weighted by molar-refractivity contribution is 5.13. The third kappa shape index (κ3) is 2.13. The van der Waals surface area contributed by atoms with Gasteiger partial charge in [0.1, 0.15) is 0 Å². The number of hydrogen-bond donors (Lipinski definition) is 2. The Kier molecular flexibility index (Phi) is 2.84. The van der Waals surface area contributed by atoms with Crippen LogP contribution in [0.1, 0.15) is 17.7 Å². The zero-order chi connectivity index (χ0) is 9.97. The largest absolute Gasteiger partial charge is 0.307 e. The molecule has 78 valence electrons.